The highest BCUT2D eigenvalue weighted by molar-refractivity contribution is 5.96. The molecule has 0 spiro atoms. The van der Waals surface area contributed by atoms with Crippen molar-refractivity contribution in [3.05, 3.63) is 35.8 Å². The molecule has 0 saturated carbocycles. The summed E-state index contributed by atoms with van der Waals surface area (Å²) in [6, 6.07) is 4.66. The highest BCUT2D eigenvalue weighted by atomic mass is 16.4. The fourth-order valence-corrected chi connectivity index (χ4v) is 1.99. The number of carbonyl (C=O) groups is 1. The zero-order valence-electron chi connectivity index (χ0n) is 9.53. The van der Waals surface area contributed by atoms with Crippen LogP contribution in [0.5, 0.6) is 0 Å². The van der Waals surface area contributed by atoms with Crippen LogP contribution in [0.1, 0.15) is 15.9 Å². The fourth-order valence-electron chi connectivity index (χ4n) is 1.99. The van der Waals surface area contributed by atoms with E-state index < -0.39 is 5.97 Å². The van der Waals surface area contributed by atoms with Gasteiger partial charge in [-0.25, -0.2) is 14.8 Å². The lowest BCUT2D eigenvalue weighted by atomic mass is 10.1. The number of hydrogen-bond donors (Lipinski definition) is 2. The Morgan fingerprint density at radius 1 is 1.42 bits per heavy atom. The lowest BCUT2D eigenvalue weighted by Gasteiger charge is -2.06. The lowest BCUT2D eigenvalue weighted by Crippen LogP contribution is -2.04. The Kier molecular flexibility index (Phi) is 2.13. The van der Waals surface area contributed by atoms with Crippen molar-refractivity contribution in [2.24, 2.45) is 0 Å². The first-order valence-electron chi connectivity index (χ1n) is 5.30. The molecule has 92 valence electrons. The number of nitrogen functional groups attached to an aromatic ring is 1. The maximum absolute atomic E-state index is 11.1. The highest BCUT2D eigenvalue weighted by Gasteiger charge is 2.14. The van der Waals surface area contributed by atoms with Crippen molar-refractivity contribution in [2.45, 2.75) is 0 Å². The monoisotopic (exact) mass is 253 g/mol. The number of carboxylic acids is 1. The van der Waals surface area contributed by atoms with Crippen molar-refractivity contribution in [3.63, 3.8) is 0 Å². The smallest absolute Gasteiger partial charge is 0.337 e. The molecule has 19 heavy (non-hydrogen) atoms. The Bertz CT molecular complexity index is 875. The molecule has 0 aliphatic rings. The number of carboxylic acid groups (broad SMARTS) is 1. The predicted octanol–water partition coefficient (Wildman–Crippen LogP) is 1.03. The lowest BCUT2D eigenvalue weighted by molar-refractivity contribution is 0.0696. The van der Waals surface area contributed by atoms with Crippen LogP contribution in [0.15, 0.2) is 24.7 Å². The van der Waals surface area contributed by atoms with Crippen LogP contribution in [0, 0.1) is 11.3 Å². The third-order valence-electron chi connectivity index (χ3n) is 2.87. The Labute approximate surface area is 106 Å². The maximum Gasteiger partial charge on any atom is 0.337 e. The number of fused-ring (bicyclic) bond motifs is 3. The van der Waals surface area contributed by atoms with Crippen LogP contribution in [-0.4, -0.2) is 25.4 Å². The maximum atomic E-state index is 11.1. The molecule has 3 aromatic rings. The largest absolute Gasteiger partial charge is 0.478 e. The summed E-state index contributed by atoms with van der Waals surface area (Å²) < 4.78 is 1.64. The standard InChI is InChI=1S/C12H7N5O2/c13-3-6-1-8-9(2-7(6)12(18)19)17-5-15-4-10(17)11(14)16-8/h1-2,4-5H,(H2,14,16)(H,18,19). The summed E-state index contributed by atoms with van der Waals surface area (Å²) in [7, 11) is 0. The predicted molar refractivity (Wildman–Crippen MR) is 66.6 cm³/mol. The second-order valence-corrected chi connectivity index (χ2v) is 3.95. The van der Waals surface area contributed by atoms with Gasteiger partial charge in [-0.3, -0.25) is 4.40 Å². The van der Waals surface area contributed by atoms with E-state index in [1.807, 2.05) is 6.07 Å². The molecule has 0 bridgehead atoms. The van der Waals surface area contributed by atoms with E-state index in [0.717, 1.165) is 0 Å². The first kappa shape index (κ1) is 11.0. The van der Waals surface area contributed by atoms with Crippen LogP contribution in [0.25, 0.3) is 16.6 Å². The van der Waals surface area contributed by atoms with Crippen LogP contribution >= 0.6 is 0 Å². The molecular weight excluding hydrogens is 246 g/mol. The van der Waals surface area contributed by atoms with E-state index in [2.05, 4.69) is 9.97 Å². The van der Waals surface area contributed by atoms with Gasteiger partial charge in [-0.15, -0.1) is 0 Å². The van der Waals surface area contributed by atoms with Gasteiger partial charge >= 0.3 is 5.97 Å². The van der Waals surface area contributed by atoms with Gasteiger partial charge in [0.1, 0.15) is 17.4 Å². The molecule has 0 amide bonds. The van der Waals surface area contributed by atoms with Crippen molar-refractivity contribution >= 4 is 28.3 Å². The Morgan fingerprint density at radius 2 is 2.21 bits per heavy atom. The van der Waals surface area contributed by atoms with Gasteiger partial charge in [-0.1, -0.05) is 0 Å². The number of nitrogens with two attached hydrogens (primary N) is 1. The van der Waals surface area contributed by atoms with E-state index >= 15 is 0 Å². The molecule has 7 nitrogen and oxygen atoms in total. The van der Waals surface area contributed by atoms with E-state index in [1.54, 1.807) is 10.6 Å². The second-order valence-electron chi connectivity index (χ2n) is 3.95. The Balaban J connectivity index is 2.53. The van der Waals surface area contributed by atoms with E-state index in [9.17, 15) is 4.79 Å². The van der Waals surface area contributed by atoms with E-state index in [4.69, 9.17) is 16.1 Å². The third kappa shape index (κ3) is 1.47. The number of nitriles is 1. The molecule has 0 fully saturated rings. The van der Waals surface area contributed by atoms with Gasteiger partial charge in [0.15, 0.2) is 0 Å². The number of hydrogen-bond acceptors (Lipinski definition) is 5. The van der Waals surface area contributed by atoms with Gasteiger partial charge in [0.05, 0.1) is 34.7 Å². The molecule has 0 saturated heterocycles. The molecule has 0 aliphatic heterocycles. The molecule has 0 radical (unpaired) electrons. The van der Waals surface area contributed by atoms with Crippen LogP contribution in [0.2, 0.25) is 0 Å². The zero-order valence-corrected chi connectivity index (χ0v) is 9.53. The Hall–Kier alpha value is -3.14. The molecule has 2 aromatic heterocycles. The van der Waals surface area contributed by atoms with Gasteiger partial charge in [0.25, 0.3) is 0 Å². The van der Waals surface area contributed by atoms with Crippen molar-refractivity contribution in [3.8, 4) is 6.07 Å². The van der Waals surface area contributed by atoms with Crippen LogP contribution in [-0.2, 0) is 0 Å². The Morgan fingerprint density at radius 3 is 2.89 bits per heavy atom. The summed E-state index contributed by atoms with van der Waals surface area (Å²) in [6.07, 6.45) is 3.06. The van der Waals surface area contributed by atoms with Crippen LogP contribution in [0.4, 0.5) is 5.82 Å². The van der Waals surface area contributed by atoms with Crippen molar-refractivity contribution in [2.75, 3.05) is 5.73 Å². The van der Waals surface area contributed by atoms with Gasteiger partial charge in [0, 0.05) is 0 Å². The first-order valence-corrected chi connectivity index (χ1v) is 5.30. The third-order valence-corrected chi connectivity index (χ3v) is 2.87. The summed E-state index contributed by atoms with van der Waals surface area (Å²) in [4.78, 5) is 19.3. The van der Waals surface area contributed by atoms with Gasteiger partial charge in [0.2, 0.25) is 0 Å². The van der Waals surface area contributed by atoms with Crippen molar-refractivity contribution in [1.29, 1.82) is 5.26 Å². The minimum absolute atomic E-state index is 0.0476. The van der Waals surface area contributed by atoms with E-state index in [0.29, 0.717) is 16.6 Å². The molecular formula is C12H7N5O2. The van der Waals surface area contributed by atoms with Crippen LogP contribution < -0.4 is 5.73 Å². The molecule has 0 unspecified atom stereocenters. The average molecular weight is 253 g/mol. The number of rotatable bonds is 1. The SMILES string of the molecule is N#Cc1cc2nc(N)c3cncn3c2cc1C(=O)O. The van der Waals surface area contributed by atoms with Gasteiger partial charge in [-0.05, 0) is 12.1 Å². The number of imidazole rings is 1. The van der Waals surface area contributed by atoms with Crippen LogP contribution in [0.3, 0.4) is 0 Å². The summed E-state index contributed by atoms with van der Waals surface area (Å²) in [6.45, 7) is 0. The first-order chi connectivity index (χ1) is 9.11. The molecule has 3 N–H and O–H groups in total. The molecule has 0 aliphatic carbocycles. The topological polar surface area (TPSA) is 117 Å². The summed E-state index contributed by atoms with van der Waals surface area (Å²) in [5.41, 5.74) is 7.34. The van der Waals surface area contributed by atoms with Gasteiger partial charge in [-0.2, -0.15) is 5.26 Å². The molecule has 2 heterocycles. The number of benzene rings is 1. The highest BCUT2D eigenvalue weighted by Crippen LogP contribution is 2.22. The average Bonchev–Trinajstić information content (AvgIpc) is 2.87. The minimum atomic E-state index is -1.16. The number of nitrogens with zero attached hydrogens (tertiary/aromatic N) is 4. The zero-order chi connectivity index (χ0) is 13.6. The van der Waals surface area contributed by atoms with Crippen molar-refractivity contribution in [1.82, 2.24) is 14.4 Å². The minimum Gasteiger partial charge on any atom is -0.478 e. The number of aromatic nitrogens is 3. The fraction of sp³-hybridized carbons (Fsp3) is 0. The number of anilines is 1. The number of aromatic carboxylic acids is 1. The summed E-state index contributed by atoms with van der Waals surface area (Å²) in [5.74, 6) is -0.888. The van der Waals surface area contributed by atoms with E-state index in [-0.39, 0.29) is 16.9 Å². The molecule has 1 aromatic carbocycles. The molecule has 0 atom stereocenters. The van der Waals surface area contributed by atoms with Crippen molar-refractivity contribution < 1.29 is 9.90 Å². The van der Waals surface area contributed by atoms with E-state index in [1.165, 1.54) is 18.5 Å². The normalized spacial score (nSPS) is 10.7. The quantitative estimate of drug-likeness (QED) is 0.668. The second kappa shape index (κ2) is 3.68. The molecule has 3 rings (SSSR count). The van der Waals surface area contributed by atoms with Gasteiger partial charge < -0.3 is 10.8 Å². The summed E-state index contributed by atoms with van der Waals surface area (Å²) >= 11 is 0. The molecule has 7 heteroatoms. The summed E-state index contributed by atoms with van der Waals surface area (Å²) in [5, 5.41) is 18.1.